The third-order valence-electron chi connectivity index (χ3n) is 3.65. The summed E-state index contributed by atoms with van der Waals surface area (Å²) >= 11 is 0. The molecule has 0 heterocycles. The molecule has 0 aliphatic carbocycles. The summed E-state index contributed by atoms with van der Waals surface area (Å²) < 4.78 is 0. The highest BCUT2D eigenvalue weighted by atomic mass is 16.1. The van der Waals surface area contributed by atoms with E-state index in [4.69, 9.17) is 0 Å². The van der Waals surface area contributed by atoms with E-state index in [-0.39, 0.29) is 5.91 Å². The van der Waals surface area contributed by atoms with Gasteiger partial charge in [0.2, 0.25) is 5.91 Å². The average Bonchev–Trinajstić information content (AvgIpc) is 2.45. The monoisotopic (exact) mass is 281 g/mol. The number of hydrogen-bond donors (Lipinski definition) is 0. The van der Waals surface area contributed by atoms with Crippen molar-refractivity contribution in [1.29, 1.82) is 0 Å². The standard InChI is InChI=1S/C18H35NO/c1-3-5-7-8-9-10-11-12-13-14-15-16-18(20)19-17-6-4-2/h17H,3-16H2,1-2H3. The molecule has 0 aliphatic rings. The van der Waals surface area contributed by atoms with E-state index < -0.39 is 0 Å². The summed E-state index contributed by atoms with van der Waals surface area (Å²) in [6.45, 7) is 4.36. The minimum Gasteiger partial charge on any atom is -0.273 e. The summed E-state index contributed by atoms with van der Waals surface area (Å²) in [4.78, 5) is 15.3. The first-order valence-corrected chi connectivity index (χ1v) is 8.86. The molecule has 0 saturated heterocycles. The highest BCUT2D eigenvalue weighted by Crippen LogP contribution is 2.12. The summed E-state index contributed by atoms with van der Waals surface area (Å²) in [6, 6.07) is 0. The van der Waals surface area contributed by atoms with Crippen molar-refractivity contribution in [3.63, 3.8) is 0 Å². The fraction of sp³-hybridized carbons (Fsp3) is 0.889. The predicted octanol–water partition coefficient (Wildman–Crippen LogP) is 6.09. The first-order valence-electron chi connectivity index (χ1n) is 8.86. The van der Waals surface area contributed by atoms with Crippen molar-refractivity contribution in [2.24, 2.45) is 4.99 Å². The first-order chi connectivity index (χ1) is 9.81. The van der Waals surface area contributed by atoms with Gasteiger partial charge < -0.3 is 0 Å². The Morgan fingerprint density at radius 1 is 0.750 bits per heavy atom. The molecule has 0 aromatic carbocycles. The molecule has 2 nitrogen and oxygen atoms in total. The molecular weight excluding hydrogens is 246 g/mol. The van der Waals surface area contributed by atoms with Gasteiger partial charge in [-0.15, -0.1) is 0 Å². The van der Waals surface area contributed by atoms with Crippen LogP contribution in [0.15, 0.2) is 4.99 Å². The second kappa shape index (κ2) is 16.4. The molecule has 0 aliphatic heterocycles. The number of hydrogen-bond acceptors (Lipinski definition) is 1. The number of carbonyl (C=O) groups is 1. The Kier molecular flexibility index (Phi) is 15.9. The van der Waals surface area contributed by atoms with E-state index >= 15 is 0 Å². The molecule has 0 bridgehead atoms. The Hall–Kier alpha value is -0.660. The van der Waals surface area contributed by atoms with Gasteiger partial charge in [-0.25, -0.2) is 4.99 Å². The van der Waals surface area contributed by atoms with E-state index in [1.807, 2.05) is 0 Å². The van der Waals surface area contributed by atoms with Crippen LogP contribution in [0.1, 0.15) is 104 Å². The van der Waals surface area contributed by atoms with Crippen molar-refractivity contribution in [3.05, 3.63) is 0 Å². The largest absolute Gasteiger partial charge is 0.273 e. The number of amides is 1. The molecule has 0 aromatic heterocycles. The zero-order chi connectivity index (χ0) is 14.9. The van der Waals surface area contributed by atoms with Crippen molar-refractivity contribution in [3.8, 4) is 0 Å². The molecule has 0 N–H and O–H groups in total. The van der Waals surface area contributed by atoms with E-state index in [2.05, 4.69) is 18.8 Å². The van der Waals surface area contributed by atoms with E-state index in [1.54, 1.807) is 6.21 Å². The fourth-order valence-electron chi connectivity index (χ4n) is 2.30. The smallest absolute Gasteiger partial charge is 0.245 e. The van der Waals surface area contributed by atoms with Crippen LogP contribution < -0.4 is 0 Å². The second-order valence-corrected chi connectivity index (χ2v) is 5.78. The Morgan fingerprint density at radius 2 is 1.25 bits per heavy atom. The fourth-order valence-corrected chi connectivity index (χ4v) is 2.30. The van der Waals surface area contributed by atoms with Crippen LogP contribution in [0.25, 0.3) is 0 Å². The van der Waals surface area contributed by atoms with Crippen LogP contribution in [-0.4, -0.2) is 12.1 Å². The Bertz CT molecular complexity index is 236. The Balaban J connectivity index is 3.14. The van der Waals surface area contributed by atoms with Crippen LogP contribution in [0.4, 0.5) is 0 Å². The van der Waals surface area contributed by atoms with E-state index in [0.717, 1.165) is 19.3 Å². The molecule has 118 valence electrons. The lowest BCUT2D eigenvalue weighted by Gasteiger charge is -2.01. The van der Waals surface area contributed by atoms with Crippen LogP contribution in [0, 0.1) is 0 Å². The topological polar surface area (TPSA) is 29.4 Å². The minimum absolute atomic E-state index is 0.0642. The molecule has 0 radical (unpaired) electrons. The number of rotatable bonds is 14. The van der Waals surface area contributed by atoms with Gasteiger partial charge in [-0.2, -0.15) is 0 Å². The van der Waals surface area contributed by atoms with Crippen LogP contribution in [0.2, 0.25) is 0 Å². The maximum atomic E-state index is 11.4. The summed E-state index contributed by atoms with van der Waals surface area (Å²) in [5.74, 6) is 0.0642. The predicted molar refractivity (Wildman–Crippen MR) is 89.5 cm³/mol. The van der Waals surface area contributed by atoms with Crippen LogP contribution in [-0.2, 0) is 4.79 Å². The molecule has 0 atom stereocenters. The molecule has 0 saturated carbocycles. The Morgan fingerprint density at radius 3 is 1.75 bits per heavy atom. The van der Waals surface area contributed by atoms with Gasteiger partial charge in [-0.1, -0.05) is 84.5 Å². The molecule has 0 spiro atoms. The normalized spacial score (nSPS) is 11.3. The molecule has 1 amide bonds. The number of aliphatic imine (C=N–C) groups is 1. The highest BCUT2D eigenvalue weighted by molar-refractivity contribution is 5.84. The van der Waals surface area contributed by atoms with Crippen LogP contribution in [0.5, 0.6) is 0 Å². The van der Waals surface area contributed by atoms with Crippen LogP contribution in [0.3, 0.4) is 0 Å². The van der Waals surface area contributed by atoms with E-state index in [0.29, 0.717) is 6.42 Å². The zero-order valence-electron chi connectivity index (χ0n) is 13.8. The number of unbranched alkanes of at least 4 members (excludes halogenated alkanes) is 11. The number of nitrogens with zero attached hydrogens (tertiary/aromatic N) is 1. The molecule has 0 fully saturated rings. The van der Waals surface area contributed by atoms with Gasteiger partial charge in [-0.3, -0.25) is 4.79 Å². The third-order valence-corrected chi connectivity index (χ3v) is 3.65. The van der Waals surface area contributed by atoms with Gasteiger partial charge in [-0.05, 0) is 12.8 Å². The zero-order valence-corrected chi connectivity index (χ0v) is 13.8. The Labute approximate surface area is 126 Å². The van der Waals surface area contributed by atoms with Gasteiger partial charge in [0, 0.05) is 12.6 Å². The second-order valence-electron chi connectivity index (χ2n) is 5.78. The molecule has 20 heavy (non-hydrogen) atoms. The lowest BCUT2D eigenvalue weighted by atomic mass is 10.1. The summed E-state index contributed by atoms with van der Waals surface area (Å²) in [7, 11) is 0. The van der Waals surface area contributed by atoms with Crippen molar-refractivity contribution < 1.29 is 4.79 Å². The lowest BCUT2D eigenvalue weighted by Crippen LogP contribution is -1.93. The molecule has 2 heteroatoms. The third kappa shape index (κ3) is 15.4. The van der Waals surface area contributed by atoms with Crippen molar-refractivity contribution in [2.45, 2.75) is 104 Å². The highest BCUT2D eigenvalue weighted by Gasteiger charge is 1.98. The quantitative estimate of drug-likeness (QED) is 0.280. The summed E-state index contributed by atoms with van der Waals surface area (Å²) in [5.41, 5.74) is 0. The van der Waals surface area contributed by atoms with E-state index in [9.17, 15) is 4.79 Å². The van der Waals surface area contributed by atoms with Crippen LogP contribution >= 0.6 is 0 Å². The molecule has 0 aromatic rings. The van der Waals surface area contributed by atoms with Gasteiger partial charge >= 0.3 is 0 Å². The van der Waals surface area contributed by atoms with Gasteiger partial charge in [0.15, 0.2) is 0 Å². The maximum absolute atomic E-state index is 11.4. The average molecular weight is 281 g/mol. The van der Waals surface area contributed by atoms with Crippen molar-refractivity contribution in [1.82, 2.24) is 0 Å². The van der Waals surface area contributed by atoms with Gasteiger partial charge in [0.1, 0.15) is 0 Å². The lowest BCUT2D eigenvalue weighted by molar-refractivity contribution is -0.117. The molecular formula is C18H35NO. The van der Waals surface area contributed by atoms with Gasteiger partial charge in [0.05, 0.1) is 0 Å². The van der Waals surface area contributed by atoms with Gasteiger partial charge in [0.25, 0.3) is 0 Å². The SMILES string of the molecule is CCCC=NC(=O)CCCCCCCCCCCCC. The van der Waals surface area contributed by atoms with E-state index in [1.165, 1.54) is 64.2 Å². The molecule has 0 unspecified atom stereocenters. The first kappa shape index (κ1) is 19.3. The van der Waals surface area contributed by atoms with Crippen molar-refractivity contribution in [2.75, 3.05) is 0 Å². The van der Waals surface area contributed by atoms with Crippen molar-refractivity contribution >= 4 is 12.1 Å². The maximum Gasteiger partial charge on any atom is 0.245 e. The number of carbonyl (C=O) groups excluding carboxylic acids is 1. The summed E-state index contributed by atoms with van der Waals surface area (Å²) in [5, 5.41) is 0. The minimum atomic E-state index is 0.0642. The molecule has 0 rings (SSSR count). The summed E-state index contributed by atoms with van der Waals surface area (Å²) in [6.07, 6.45) is 18.9.